The molecule has 0 heterocycles. The molecule has 1 saturated carbocycles. The number of carbonyl (C=O) groups is 2. The number of carboxylic acids is 1. The summed E-state index contributed by atoms with van der Waals surface area (Å²) in [5, 5.41) is 10.8. The molecule has 0 bridgehead atoms. The van der Waals surface area contributed by atoms with Gasteiger partial charge in [-0.05, 0) is 19.9 Å². The van der Waals surface area contributed by atoms with Crippen molar-refractivity contribution >= 4 is 24.3 Å². The van der Waals surface area contributed by atoms with E-state index in [1.54, 1.807) is 0 Å². The van der Waals surface area contributed by atoms with Crippen molar-refractivity contribution in [1.82, 2.24) is 10.2 Å². The van der Waals surface area contributed by atoms with E-state index >= 15 is 0 Å². The number of carboxylic acid groups (broad SMARTS) is 1. The third-order valence-corrected chi connectivity index (χ3v) is 3.03. The lowest BCUT2D eigenvalue weighted by molar-refractivity contribution is -0.138. The molecule has 0 aromatic carbocycles. The molecule has 6 heteroatoms. The minimum atomic E-state index is -1.01. The minimum absolute atomic E-state index is 0. The van der Waals surface area contributed by atoms with Gasteiger partial charge < -0.3 is 10.4 Å². The third kappa shape index (κ3) is 6.48. The number of likely N-dealkylation sites (N-methyl/N-ethyl adjacent to an activating group) is 1. The molecule has 0 radical (unpaired) electrons. The molecule has 1 aliphatic carbocycles. The zero-order valence-electron chi connectivity index (χ0n) is 10.1. The summed E-state index contributed by atoms with van der Waals surface area (Å²) >= 11 is 0. The molecule has 17 heavy (non-hydrogen) atoms. The topological polar surface area (TPSA) is 69.6 Å². The molecule has 5 nitrogen and oxygen atoms in total. The van der Waals surface area contributed by atoms with Gasteiger partial charge in [0.25, 0.3) is 0 Å². The molecule has 0 aromatic heterocycles. The molecule has 0 saturated heterocycles. The molecule has 1 aliphatic rings. The Bertz CT molecular complexity index is 255. The van der Waals surface area contributed by atoms with Crippen LogP contribution >= 0.6 is 12.4 Å². The van der Waals surface area contributed by atoms with Crippen molar-refractivity contribution in [2.45, 2.75) is 38.1 Å². The number of carbonyl (C=O) groups excluding carboxylic acids is 1. The standard InChI is InChI=1S/C11H20N2O3.ClH/c1-13(9-5-3-2-4-6-9)8-10(14)12-7-11(15)16;/h9H,2-8H2,1H3,(H,12,14)(H,15,16);1H. The van der Waals surface area contributed by atoms with E-state index in [-0.39, 0.29) is 31.4 Å². The maximum atomic E-state index is 11.4. The summed E-state index contributed by atoms with van der Waals surface area (Å²) in [6.07, 6.45) is 6.03. The highest BCUT2D eigenvalue weighted by Crippen LogP contribution is 2.21. The van der Waals surface area contributed by atoms with Crippen LogP contribution in [0.3, 0.4) is 0 Å². The highest BCUT2D eigenvalue weighted by Gasteiger charge is 2.19. The fraction of sp³-hybridized carbons (Fsp3) is 0.818. The molecule has 1 fully saturated rings. The van der Waals surface area contributed by atoms with E-state index in [0.717, 1.165) is 12.8 Å². The Balaban J connectivity index is 0.00000256. The highest BCUT2D eigenvalue weighted by molar-refractivity contribution is 5.85. The predicted octanol–water partition coefficient (Wildman–Crippen LogP) is 0.873. The lowest BCUT2D eigenvalue weighted by Gasteiger charge is -2.30. The number of hydrogen-bond donors (Lipinski definition) is 2. The average molecular weight is 265 g/mol. The Kier molecular flexibility index (Phi) is 7.91. The monoisotopic (exact) mass is 264 g/mol. The predicted molar refractivity (Wildman–Crippen MR) is 67.4 cm³/mol. The Hall–Kier alpha value is -0.810. The first-order valence-electron chi connectivity index (χ1n) is 5.78. The first kappa shape index (κ1) is 16.2. The highest BCUT2D eigenvalue weighted by atomic mass is 35.5. The molecule has 0 aromatic rings. The summed E-state index contributed by atoms with van der Waals surface area (Å²) in [5.41, 5.74) is 0. The first-order chi connectivity index (χ1) is 7.59. The number of hydrogen-bond acceptors (Lipinski definition) is 3. The average Bonchev–Trinajstić information content (AvgIpc) is 2.27. The number of nitrogens with one attached hydrogen (secondary N) is 1. The third-order valence-electron chi connectivity index (χ3n) is 3.03. The molecule has 0 spiro atoms. The summed E-state index contributed by atoms with van der Waals surface area (Å²) in [7, 11) is 1.93. The molecule has 2 N–H and O–H groups in total. The number of halogens is 1. The number of amides is 1. The lowest BCUT2D eigenvalue weighted by atomic mass is 9.94. The van der Waals surface area contributed by atoms with E-state index in [2.05, 4.69) is 5.32 Å². The molecule has 1 amide bonds. The lowest BCUT2D eigenvalue weighted by Crippen LogP contribution is -2.42. The van der Waals surface area contributed by atoms with E-state index in [1.807, 2.05) is 11.9 Å². The van der Waals surface area contributed by atoms with Gasteiger partial charge in [-0.2, -0.15) is 0 Å². The van der Waals surface area contributed by atoms with Crippen LogP contribution in [-0.2, 0) is 9.59 Å². The summed E-state index contributed by atoms with van der Waals surface area (Å²) < 4.78 is 0. The van der Waals surface area contributed by atoms with E-state index in [4.69, 9.17) is 5.11 Å². The zero-order valence-corrected chi connectivity index (χ0v) is 11.0. The van der Waals surface area contributed by atoms with Crippen LogP contribution in [0, 0.1) is 0 Å². The largest absolute Gasteiger partial charge is 0.480 e. The van der Waals surface area contributed by atoms with Gasteiger partial charge in [-0.3, -0.25) is 14.5 Å². The Labute approximate surface area is 108 Å². The molecule has 100 valence electrons. The van der Waals surface area contributed by atoms with Gasteiger partial charge in [0.2, 0.25) is 5.91 Å². The second-order valence-corrected chi connectivity index (χ2v) is 4.38. The summed E-state index contributed by atoms with van der Waals surface area (Å²) in [5.74, 6) is -1.22. The molecule has 0 unspecified atom stereocenters. The molecule has 1 rings (SSSR count). The fourth-order valence-electron chi connectivity index (χ4n) is 2.11. The van der Waals surface area contributed by atoms with Gasteiger partial charge >= 0.3 is 5.97 Å². The van der Waals surface area contributed by atoms with Crippen LogP contribution in [0.1, 0.15) is 32.1 Å². The van der Waals surface area contributed by atoms with Crippen molar-refractivity contribution in [2.75, 3.05) is 20.1 Å². The van der Waals surface area contributed by atoms with E-state index in [1.165, 1.54) is 19.3 Å². The van der Waals surface area contributed by atoms with Crippen molar-refractivity contribution in [3.8, 4) is 0 Å². The van der Waals surface area contributed by atoms with Gasteiger partial charge in [0, 0.05) is 6.04 Å². The van der Waals surface area contributed by atoms with Crippen LogP contribution in [0.4, 0.5) is 0 Å². The summed E-state index contributed by atoms with van der Waals surface area (Å²) in [6.45, 7) is -0.00468. The van der Waals surface area contributed by atoms with Crippen molar-refractivity contribution in [3.05, 3.63) is 0 Å². The second kappa shape index (κ2) is 8.31. The Morgan fingerprint density at radius 2 is 1.88 bits per heavy atom. The quantitative estimate of drug-likeness (QED) is 0.773. The van der Waals surface area contributed by atoms with Crippen LogP contribution in [-0.4, -0.2) is 48.1 Å². The second-order valence-electron chi connectivity index (χ2n) is 4.38. The number of aliphatic carboxylic acids is 1. The SMILES string of the molecule is CN(CC(=O)NCC(=O)O)C1CCCCC1.Cl. The Morgan fingerprint density at radius 3 is 2.41 bits per heavy atom. The maximum absolute atomic E-state index is 11.4. The number of rotatable bonds is 5. The van der Waals surface area contributed by atoms with E-state index in [0.29, 0.717) is 6.04 Å². The normalized spacial score (nSPS) is 16.4. The summed E-state index contributed by atoms with van der Waals surface area (Å²) in [6, 6.07) is 0.476. The Morgan fingerprint density at radius 1 is 1.29 bits per heavy atom. The molecule has 0 aliphatic heterocycles. The van der Waals surface area contributed by atoms with Gasteiger partial charge in [0.05, 0.1) is 6.54 Å². The first-order valence-corrected chi connectivity index (χ1v) is 5.78. The van der Waals surface area contributed by atoms with Crippen molar-refractivity contribution in [3.63, 3.8) is 0 Å². The van der Waals surface area contributed by atoms with E-state index < -0.39 is 5.97 Å². The van der Waals surface area contributed by atoms with Crippen LogP contribution in [0.25, 0.3) is 0 Å². The van der Waals surface area contributed by atoms with Crippen LogP contribution in [0.2, 0.25) is 0 Å². The molecular formula is C11H21ClN2O3. The summed E-state index contributed by atoms with van der Waals surface area (Å²) in [4.78, 5) is 23.7. The van der Waals surface area contributed by atoms with Crippen LogP contribution in [0.15, 0.2) is 0 Å². The molecular weight excluding hydrogens is 244 g/mol. The van der Waals surface area contributed by atoms with Gasteiger partial charge in [0.15, 0.2) is 0 Å². The van der Waals surface area contributed by atoms with Crippen LogP contribution < -0.4 is 5.32 Å². The minimum Gasteiger partial charge on any atom is -0.480 e. The zero-order chi connectivity index (χ0) is 12.0. The van der Waals surface area contributed by atoms with Gasteiger partial charge in [-0.15, -0.1) is 12.4 Å². The van der Waals surface area contributed by atoms with Crippen LogP contribution in [0.5, 0.6) is 0 Å². The van der Waals surface area contributed by atoms with Gasteiger partial charge in [-0.25, -0.2) is 0 Å². The maximum Gasteiger partial charge on any atom is 0.322 e. The van der Waals surface area contributed by atoms with Crippen molar-refractivity contribution in [1.29, 1.82) is 0 Å². The van der Waals surface area contributed by atoms with Gasteiger partial charge in [-0.1, -0.05) is 19.3 Å². The van der Waals surface area contributed by atoms with Crippen molar-refractivity contribution < 1.29 is 14.7 Å². The fourth-order valence-corrected chi connectivity index (χ4v) is 2.11. The van der Waals surface area contributed by atoms with E-state index in [9.17, 15) is 9.59 Å². The van der Waals surface area contributed by atoms with Gasteiger partial charge in [0.1, 0.15) is 6.54 Å². The smallest absolute Gasteiger partial charge is 0.322 e. The molecule has 0 atom stereocenters. The number of nitrogens with zero attached hydrogens (tertiary/aromatic N) is 1. The van der Waals surface area contributed by atoms with Crippen molar-refractivity contribution in [2.24, 2.45) is 0 Å².